The van der Waals surface area contributed by atoms with E-state index in [1.807, 2.05) is 18.2 Å². The number of aromatic nitrogens is 5. The number of anilines is 1. The molecule has 4 aromatic rings. The molecular formula is C21H23N7O3S. The minimum atomic E-state index is -1.49. The van der Waals surface area contributed by atoms with E-state index in [1.165, 1.54) is 26.2 Å². The van der Waals surface area contributed by atoms with E-state index in [-0.39, 0.29) is 0 Å². The maximum absolute atomic E-state index is 11.3. The maximum Gasteiger partial charge on any atom is 0.239 e. The number of benzene rings is 1. The van der Waals surface area contributed by atoms with Crippen molar-refractivity contribution in [2.75, 3.05) is 31.9 Å². The first-order valence-electron chi connectivity index (χ1n) is 10.3. The van der Waals surface area contributed by atoms with Gasteiger partial charge in [0, 0.05) is 18.0 Å². The predicted octanol–water partition coefficient (Wildman–Crippen LogP) is 2.58. The molecule has 0 saturated carbocycles. The van der Waals surface area contributed by atoms with E-state index in [0.717, 1.165) is 53.3 Å². The van der Waals surface area contributed by atoms with Gasteiger partial charge in [0.05, 0.1) is 30.9 Å². The molecule has 0 aliphatic carbocycles. The molecule has 0 radical (unpaired) electrons. The molecule has 0 spiro atoms. The van der Waals surface area contributed by atoms with Gasteiger partial charge in [-0.1, -0.05) is 6.07 Å². The van der Waals surface area contributed by atoms with E-state index < -0.39 is 11.1 Å². The second-order valence-corrected chi connectivity index (χ2v) is 8.59. The third-order valence-electron chi connectivity index (χ3n) is 5.50. The number of nitrogens with zero attached hydrogens (tertiary/aromatic N) is 6. The molecule has 1 aliphatic heterocycles. The molecule has 4 heterocycles. The van der Waals surface area contributed by atoms with Crippen molar-refractivity contribution in [2.24, 2.45) is 0 Å². The average Bonchev–Trinajstić information content (AvgIpc) is 3.47. The van der Waals surface area contributed by atoms with E-state index >= 15 is 0 Å². The SMILES string of the molecule is COc1ncc(-c2ccc3ncc4nnc(CN5CCCC5)n4c3c2)cc1NOS(C)=O. The van der Waals surface area contributed by atoms with Crippen LogP contribution in [-0.4, -0.2) is 60.1 Å². The fourth-order valence-corrected chi connectivity index (χ4v) is 4.19. The molecule has 1 fully saturated rings. The van der Waals surface area contributed by atoms with Crippen LogP contribution >= 0.6 is 0 Å². The normalized spacial score (nSPS) is 15.4. The molecule has 1 saturated heterocycles. The van der Waals surface area contributed by atoms with Gasteiger partial charge in [-0.2, -0.15) is 4.28 Å². The van der Waals surface area contributed by atoms with Gasteiger partial charge >= 0.3 is 0 Å². The van der Waals surface area contributed by atoms with E-state index in [2.05, 4.69) is 41.0 Å². The Labute approximate surface area is 187 Å². The third-order valence-corrected chi connectivity index (χ3v) is 5.82. The lowest BCUT2D eigenvalue weighted by molar-refractivity contribution is 0.321. The van der Waals surface area contributed by atoms with E-state index in [9.17, 15) is 4.21 Å². The van der Waals surface area contributed by atoms with Crippen LogP contribution in [0.4, 0.5) is 5.69 Å². The van der Waals surface area contributed by atoms with Gasteiger partial charge in [-0.05, 0) is 49.7 Å². The van der Waals surface area contributed by atoms with E-state index in [1.54, 1.807) is 12.4 Å². The van der Waals surface area contributed by atoms with Crippen molar-refractivity contribution in [3.05, 3.63) is 42.5 Å². The van der Waals surface area contributed by atoms with Crippen LogP contribution in [0.2, 0.25) is 0 Å². The highest BCUT2D eigenvalue weighted by molar-refractivity contribution is 7.79. The minimum Gasteiger partial charge on any atom is -0.479 e. The van der Waals surface area contributed by atoms with Crippen molar-refractivity contribution < 1.29 is 13.2 Å². The molecule has 0 bridgehead atoms. The molecule has 1 aromatic carbocycles. The number of likely N-dealkylation sites (tertiary alicyclic amines) is 1. The zero-order valence-corrected chi connectivity index (χ0v) is 18.6. The van der Waals surface area contributed by atoms with Crippen LogP contribution in [0.3, 0.4) is 0 Å². The Morgan fingerprint density at radius 2 is 1.94 bits per heavy atom. The summed E-state index contributed by atoms with van der Waals surface area (Å²) in [6.45, 7) is 2.93. The van der Waals surface area contributed by atoms with Crippen molar-refractivity contribution in [3.63, 3.8) is 0 Å². The van der Waals surface area contributed by atoms with Crippen LogP contribution in [0, 0.1) is 0 Å². The lowest BCUT2D eigenvalue weighted by Gasteiger charge is -2.14. The number of hydrogen-bond donors (Lipinski definition) is 1. The van der Waals surface area contributed by atoms with Crippen molar-refractivity contribution >= 4 is 33.4 Å². The van der Waals surface area contributed by atoms with Gasteiger partial charge in [-0.3, -0.25) is 14.3 Å². The molecule has 32 heavy (non-hydrogen) atoms. The molecular weight excluding hydrogens is 430 g/mol. The Hall–Kier alpha value is -3.15. The number of pyridine rings is 1. The highest BCUT2D eigenvalue weighted by Crippen LogP contribution is 2.30. The van der Waals surface area contributed by atoms with Gasteiger partial charge in [-0.15, -0.1) is 10.2 Å². The zero-order valence-electron chi connectivity index (χ0n) is 17.8. The summed E-state index contributed by atoms with van der Waals surface area (Å²) in [6, 6.07) is 7.85. The third kappa shape index (κ3) is 4.01. The summed E-state index contributed by atoms with van der Waals surface area (Å²) in [7, 11) is 1.52. The summed E-state index contributed by atoms with van der Waals surface area (Å²) >= 11 is -1.49. The average molecular weight is 454 g/mol. The number of methoxy groups -OCH3 is 1. The van der Waals surface area contributed by atoms with Crippen LogP contribution in [0.15, 0.2) is 36.7 Å². The van der Waals surface area contributed by atoms with E-state index in [4.69, 9.17) is 9.02 Å². The Bertz CT molecular complexity index is 1300. The van der Waals surface area contributed by atoms with Crippen molar-refractivity contribution in [3.8, 4) is 17.0 Å². The summed E-state index contributed by atoms with van der Waals surface area (Å²) in [6.07, 6.45) is 7.34. The van der Waals surface area contributed by atoms with Crippen molar-refractivity contribution in [2.45, 2.75) is 19.4 Å². The topological polar surface area (TPSA) is 107 Å². The Kier molecular flexibility index (Phi) is 5.68. The predicted molar refractivity (Wildman–Crippen MR) is 121 cm³/mol. The van der Waals surface area contributed by atoms with Crippen molar-refractivity contribution in [1.82, 2.24) is 29.5 Å². The van der Waals surface area contributed by atoms with Gasteiger partial charge < -0.3 is 4.74 Å². The molecule has 1 aliphatic rings. The first-order valence-corrected chi connectivity index (χ1v) is 11.8. The van der Waals surface area contributed by atoms with Gasteiger partial charge in [0.2, 0.25) is 5.88 Å². The van der Waals surface area contributed by atoms with Gasteiger partial charge in [-0.25, -0.2) is 14.7 Å². The highest BCUT2D eigenvalue weighted by atomic mass is 32.2. The number of ether oxygens (including phenoxy) is 1. The second-order valence-electron chi connectivity index (χ2n) is 7.62. The van der Waals surface area contributed by atoms with Crippen LogP contribution in [0.25, 0.3) is 27.8 Å². The molecule has 5 rings (SSSR count). The van der Waals surface area contributed by atoms with Crippen LogP contribution < -0.4 is 10.2 Å². The summed E-state index contributed by atoms with van der Waals surface area (Å²) in [4.78, 5) is 11.3. The first kappa shape index (κ1) is 20.7. The monoisotopic (exact) mass is 453 g/mol. The van der Waals surface area contributed by atoms with Gasteiger partial charge in [0.15, 0.2) is 22.6 Å². The second kappa shape index (κ2) is 8.77. The maximum atomic E-state index is 11.3. The summed E-state index contributed by atoms with van der Waals surface area (Å²) < 4.78 is 23.7. The van der Waals surface area contributed by atoms with Gasteiger partial charge in [0.1, 0.15) is 5.69 Å². The lowest BCUT2D eigenvalue weighted by atomic mass is 10.1. The Morgan fingerprint density at radius 1 is 1.09 bits per heavy atom. The Balaban J connectivity index is 1.57. The number of nitrogens with one attached hydrogen (secondary N) is 1. The van der Waals surface area contributed by atoms with Crippen LogP contribution in [0.1, 0.15) is 18.7 Å². The molecule has 0 amide bonds. The minimum absolute atomic E-state index is 0.343. The fraction of sp³-hybridized carbons (Fsp3) is 0.333. The van der Waals surface area contributed by atoms with Crippen molar-refractivity contribution in [1.29, 1.82) is 0 Å². The largest absolute Gasteiger partial charge is 0.479 e. The molecule has 166 valence electrons. The number of fused-ring (bicyclic) bond motifs is 3. The van der Waals surface area contributed by atoms with E-state index in [0.29, 0.717) is 11.6 Å². The standard InChI is InChI=1S/C21H23N7O3S/c1-30-21-17(26-31-32(2)29)9-15(11-23-21)14-5-6-16-18(10-14)28-19(12-22-16)24-25-20(28)13-27-7-3-4-8-27/h5-6,9-12,26H,3-4,7-8,13H2,1-2H3. The fourth-order valence-electron chi connectivity index (χ4n) is 3.99. The summed E-state index contributed by atoms with van der Waals surface area (Å²) in [5.74, 6) is 1.25. The number of rotatable bonds is 7. The molecule has 1 atom stereocenters. The molecule has 1 N–H and O–H groups in total. The molecule has 1 unspecified atom stereocenters. The van der Waals surface area contributed by atoms with Crippen LogP contribution in [0.5, 0.6) is 5.88 Å². The zero-order chi connectivity index (χ0) is 22.1. The highest BCUT2D eigenvalue weighted by Gasteiger charge is 2.17. The molecule has 3 aromatic heterocycles. The Morgan fingerprint density at radius 3 is 2.72 bits per heavy atom. The quantitative estimate of drug-likeness (QED) is 0.423. The molecule has 11 heteroatoms. The lowest BCUT2D eigenvalue weighted by Crippen LogP contribution is -2.20. The summed E-state index contributed by atoms with van der Waals surface area (Å²) in [5.41, 5.74) is 7.41. The van der Waals surface area contributed by atoms with Crippen LogP contribution in [-0.2, 0) is 21.9 Å². The molecule has 10 nitrogen and oxygen atoms in total. The first-order chi connectivity index (χ1) is 15.6. The summed E-state index contributed by atoms with van der Waals surface area (Å²) in [5, 5.41) is 8.77. The smallest absolute Gasteiger partial charge is 0.239 e. The van der Waals surface area contributed by atoms with Gasteiger partial charge in [0.25, 0.3) is 0 Å². The number of hydrogen-bond acceptors (Lipinski definition) is 9.